The number of nitrogens with one attached hydrogen (secondary N) is 1. The highest BCUT2D eigenvalue weighted by Crippen LogP contribution is 2.27. The Bertz CT molecular complexity index is 892. The number of aromatic nitrogens is 1. The summed E-state index contributed by atoms with van der Waals surface area (Å²) in [4.78, 5) is 18.0. The van der Waals surface area contributed by atoms with Gasteiger partial charge in [-0.3, -0.25) is 4.79 Å². The van der Waals surface area contributed by atoms with Gasteiger partial charge in [-0.2, -0.15) is 0 Å². The van der Waals surface area contributed by atoms with Gasteiger partial charge >= 0.3 is 0 Å². The topological polar surface area (TPSA) is 60.5 Å². The second kappa shape index (κ2) is 8.68. The molecule has 3 aromatic rings. The number of rotatable bonds is 7. The first-order chi connectivity index (χ1) is 13.1. The Kier molecular flexibility index (Phi) is 6.08. The Balaban J connectivity index is 1.57. The van der Waals surface area contributed by atoms with Crippen LogP contribution in [-0.4, -0.2) is 24.1 Å². The molecule has 0 radical (unpaired) electrons. The van der Waals surface area contributed by atoms with Crippen LogP contribution < -0.4 is 14.8 Å². The number of carbonyl (C=O) groups excluding carboxylic acids is 1. The van der Waals surface area contributed by atoms with E-state index in [1.165, 1.54) is 0 Å². The Morgan fingerprint density at radius 1 is 1.11 bits per heavy atom. The number of ether oxygens (including phenoxy) is 2. The number of carbonyl (C=O) groups is 1. The molecule has 1 N–H and O–H groups in total. The van der Waals surface area contributed by atoms with Crippen molar-refractivity contribution >= 4 is 17.2 Å². The normalized spacial score (nSPS) is 11.7. The molecule has 3 rings (SSSR count). The van der Waals surface area contributed by atoms with Gasteiger partial charge in [0.15, 0.2) is 6.10 Å². The maximum atomic E-state index is 12.4. The molecule has 0 aliphatic rings. The molecular weight excluding hydrogens is 360 g/mol. The van der Waals surface area contributed by atoms with E-state index in [0.29, 0.717) is 12.3 Å². The van der Waals surface area contributed by atoms with E-state index in [9.17, 15) is 4.79 Å². The maximum Gasteiger partial charge on any atom is 0.261 e. The van der Waals surface area contributed by atoms with Crippen LogP contribution in [0.3, 0.4) is 0 Å². The van der Waals surface area contributed by atoms with E-state index in [-0.39, 0.29) is 5.91 Å². The summed E-state index contributed by atoms with van der Waals surface area (Å²) in [5, 5.41) is 3.89. The zero-order valence-electron chi connectivity index (χ0n) is 15.6. The molecule has 0 fully saturated rings. The highest BCUT2D eigenvalue weighted by atomic mass is 32.1. The lowest BCUT2D eigenvalue weighted by molar-refractivity contribution is -0.127. The highest BCUT2D eigenvalue weighted by molar-refractivity contribution is 7.15. The van der Waals surface area contributed by atoms with Gasteiger partial charge in [-0.25, -0.2) is 4.98 Å². The summed E-state index contributed by atoms with van der Waals surface area (Å²) in [6.45, 7) is 4.13. The van der Waals surface area contributed by atoms with Gasteiger partial charge in [-0.1, -0.05) is 30.3 Å². The Morgan fingerprint density at radius 3 is 2.44 bits per heavy atom. The lowest BCUT2D eigenvalue weighted by Crippen LogP contribution is -2.35. The third-order valence-corrected chi connectivity index (χ3v) is 5.28. The number of thiazole rings is 1. The van der Waals surface area contributed by atoms with E-state index < -0.39 is 6.10 Å². The first kappa shape index (κ1) is 18.9. The zero-order chi connectivity index (χ0) is 19.2. The van der Waals surface area contributed by atoms with Crippen molar-refractivity contribution in [3.05, 3.63) is 65.2 Å². The molecule has 0 saturated carbocycles. The quantitative estimate of drug-likeness (QED) is 0.665. The van der Waals surface area contributed by atoms with Crippen LogP contribution in [0.5, 0.6) is 11.5 Å². The minimum absolute atomic E-state index is 0.167. The molecule has 0 spiro atoms. The average Bonchev–Trinajstić information content (AvgIpc) is 3.08. The van der Waals surface area contributed by atoms with Gasteiger partial charge in [-0.05, 0) is 38.1 Å². The van der Waals surface area contributed by atoms with Crippen molar-refractivity contribution in [2.75, 3.05) is 7.11 Å². The van der Waals surface area contributed by atoms with E-state index in [0.717, 1.165) is 26.9 Å². The summed E-state index contributed by atoms with van der Waals surface area (Å²) < 4.78 is 10.8. The number of hydrogen-bond acceptors (Lipinski definition) is 5. The predicted octanol–water partition coefficient (Wildman–Crippen LogP) is 4.21. The third kappa shape index (κ3) is 4.86. The van der Waals surface area contributed by atoms with Crippen molar-refractivity contribution in [1.82, 2.24) is 10.3 Å². The maximum absolute atomic E-state index is 12.4. The molecule has 6 heteroatoms. The van der Waals surface area contributed by atoms with Crippen LogP contribution in [0.4, 0.5) is 0 Å². The molecule has 0 bridgehead atoms. The SMILES string of the molecule is COc1ccc(OC(C)C(=O)NCc2sc(-c3ccccc3)nc2C)cc1. The summed E-state index contributed by atoms with van der Waals surface area (Å²) in [6, 6.07) is 17.2. The monoisotopic (exact) mass is 382 g/mol. The fourth-order valence-corrected chi connectivity index (χ4v) is 3.53. The van der Waals surface area contributed by atoms with Gasteiger partial charge in [0, 0.05) is 10.4 Å². The van der Waals surface area contributed by atoms with E-state index in [1.807, 2.05) is 37.3 Å². The molecule has 0 aliphatic heterocycles. The smallest absolute Gasteiger partial charge is 0.261 e. The minimum Gasteiger partial charge on any atom is -0.497 e. The summed E-state index contributed by atoms with van der Waals surface area (Å²) in [5.41, 5.74) is 2.02. The Hall–Kier alpha value is -2.86. The molecule has 1 unspecified atom stereocenters. The zero-order valence-corrected chi connectivity index (χ0v) is 16.4. The fourth-order valence-electron chi connectivity index (χ4n) is 2.52. The van der Waals surface area contributed by atoms with Crippen molar-refractivity contribution < 1.29 is 14.3 Å². The molecule has 5 nitrogen and oxygen atoms in total. The summed E-state index contributed by atoms with van der Waals surface area (Å²) in [6.07, 6.45) is -0.597. The van der Waals surface area contributed by atoms with Crippen LogP contribution in [0.1, 0.15) is 17.5 Å². The van der Waals surface area contributed by atoms with Crippen LogP contribution in [0.15, 0.2) is 54.6 Å². The van der Waals surface area contributed by atoms with Crippen molar-refractivity contribution in [3.8, 4) is 22.1 Å². The molecular formula is C21H22N2O3S. The van der Waals surface area contributed by atoms with Crippen molar-refractivity contribution in [1.29, 1.82) is 0 Å². The number of benzene rings is 2. The first-order valence-corrected chi connectivity index (χ1v) is 9.48. The van der Waals surface area contributed by atoms with Gasteiger partial charge in [0.2, 0.25) is 0 Å². The van der Waals surface area contributed by atoms with E-state index in [4.69, 9.17) is 9.47 Å². The first-order valence-electron chi connectivity index (χ1n) is 8.67. The molecule has 2 aromatic carbocycles. The van der Waals surface area contributed by atoms with Crippen LogP contribution in [0.25, 0.3) is 10.6 Å². The molecule has 1 aromatic heterocycles. The highest BCUT2D eigenvalue weighted by Gasteiger charge is 2.16. The lowest BCUT2D eigenvalue weighted by atomic mass is 10.2. The average molecular weight is 382 g/mol. The molecule has 27 heavy (non-hydrogen) atoms. The fraction of sp³-hybridized carbons (Fsp3) is 0.238. The summed E-state index contributed by atoms with van der Waals surface area (Å²) >= 11 is 1.59. The number of amides is 1. The molecule has 1 heterocycles. The van der Waals surface area contributed by atoms with E-state index in [2.05, 4.69) is 10.3 Å². The van der Waals surface area contributed by atoms with Gasteiger partial charge in [-0.15, -0.1) is 11.3 Å². The summed E-state index contributed by atoms with van der Waals surface area (Å²) in [5.74, 6) is 1.20. The molecule has 1 atom stereocenters. The molecule has 0 aliphatic carbocycles. The largest absolute Gasteiger partial charge is 0.497 e. The van der Waals surface area contributed by atoms with Crippen molar-refractivity contribution in [2.45, 2.75) is 26.5 Å². The number of nitrogens with zero attached hydrogens (tertiary/aromatic N) is 1. The van der Waals surface area contributed by atoms with E-state index >= 15 is 0 Å². The Morgan fingerprint density at radius 2 is 1.78 bits per heavy atom. The van der Waals surface area contributed by atoms with Crippen LogP contribution in [-0.2, 0) is 11.3 Å². The van der Waals surface area contributed by atoms with Crippen molar-refractivity contribution in [2.24, 2.45) is 0 Å². The Labute approximate surface area is 163 Å². The standard InChI is InChI=1S/C21H22N2O3S/c1-14-19(27-21(23-14)16-7-5-4-6-8-16)13-22-20(24)15(2)26-18-11-9-17(25-3)10-12-18/h4-12,15H,13H2,1-3H3,(H,22,24). The second-order valence-electron chi connectivity index (χ2n) is 6.05. The van der Waals surface area contributed by atoms with Crippen LogP contribution >= 0.6 is 11.3 Å². The lowest BCUT2D eigenvalue weighted by Gasteiger charge is -2.14. The van der Waals surface area contributed by atoms with Crippen LogP contribution in [0.2, 0.25) is 0 Å². The van der Waals surface area contributed by atoms with E-state index in [1.54, 1.807) is 49.6 Å². The van der Waals surface area contributed by atoms with Gasteiger partial charge in [0.1, 0.15) is 16.5 Å². The summed E-state index contributed by atoms with van der Waals surface area (Å²) in [7, 11) is 1.61. The molecule has 0 saturated heterocycles. The molecule has 1 amide bonds. The van der Waals surface area contributed by atoms with Gasteiger partial charge < -0.3 is 14.8 Å². The number of methoxy groups -OCH3 is 1. The van der Waals surface area contributed by atoms with Gasteiger partial charge in [0.05, 0.1) is 19.3 Å². The minimum atomic E-state index is -0.597. The predicted molar refractivity (Wildman–Crippen MR) is 107 cm³/mol. The molecule has 140 valence electrons. The number of hydrogen-bond donors (Lipinski definition) is 1. The van der Waals surface area contributed by atoms with Crippen LogP contribution in [0, 0.1) is 6.92 Å². The number of aryl methyl sites for hydroxylation is 1. The van der Waals surface area contributed by atoms with Gasteiger partial charge in [0.25, 0.3) is 5.91 Å². The van der Waals surface area contributed by atoms with Crippen molar-refractivity contribution in [3.63, 3.8) is 0 Å². The third-order valence-electron chi connectivity index (χ3n) is 4.08. The second-order valence-corrected chi connectivity index (χ2v) is 7.13.